The Bertz CT molecular complexity index is 975. The molecule has 2 saturated carbocycles. The monoisotopic (exact) mass is 406 g/mol. The molecule has 0 atom stereocenters. The van der Waals surface area contributed by atoms with Crippen LogP contribution >= 0.6 is 0 Å². The average molecular weight is 407 g/mol. The Labute approximate surface area is 177 Å². The fourth-order valence-corrected chi connectivity index (χ4v) is 4.54. The highest BCUT2D eigenvalue weighted by atomic mass is 16.3. The molecule has 30 heavy (non-hydrogen) atoms. The van der Waals surface area contributed by atoms with Crippen LogP contribution in [-0.4, -0.2) is 29.2 Å². The first-order chi connectivity index (χ1) is 14.7. The molecule has 3 N–H and O–H groups in total. The number of aromatic amines is 1. The number of carbonyl (C=O) groups is 1. The van der Waals surface area contributed by atoms with Crippen molar-refractivity contribution in [1.29, 1.82) is 0 Å². The van der Waals surface area contributed by atoms with Crippen LogP contribution in [-0.2, 0) is 11.2 Å². The van der Waals surface area contributed by atoms with Crippen molar-refractivity contribution in [3.05, 3.63) is 52.2 Å². The third-order valence-corrected chi connectivity index (χ3v) is 6.58. The predicted molar refractivity (Wildman–Crippen MR) is 117 cm³/mol. The second-order valence-corrected chi connectivity index (χ2v) is 8.81. The van der Waals surface area contributed by atoms with Gasteiger partial charge in [0.1, 0.15) is 5.71 Å². The Hall–Kier alpha value is -2.60. The van der Waals surface area contributed by atoms with Crippen LogP contribution in [0.15, 0.2) is 33.5 Å². The number of nitrogens with zero attached hydrogens (tertiary/aromatic N) is 1. The number of nitrogens with one attached hydrogen (secondary N) is 3. The Morgan fingerprint density at radius 1 is 1.27 bits per heavy atom. The molecule has 0 radical (unpaired) electrons. The molecule has 3 aliphatic rings. The molecule has 3 heterocycles. The van der Waals surface area contributed by atoms with Gasteiger partial charge in [-0.15, -0.1) is 0 Å². The van der Waals surface area contributed by atoms with E-state index in [9.17, 15) is 4.79 Å². The summed E-state index contributed by atoms with van der Waals surface area (Å²) in [6.07, 6.45) is 13.6. The molecule has 2 fully saturated rings. The smallest absolute Gasteiger partial charge is 0.273 e. The lowest BCUT2D eigenvalue weighted by atomic mass is 9.93. The Balaban J connectivity index is 1.34. The normalized spacial score (nSPS) is 20.5. The summed E-state index contributed by atoms with van der Waals surface area (Å²) in [5, 5.41) is 7.85. The van der Waals surface area contributed by atoms with Gasteiger partial charge in [-0.1, -0.05) is 6.42 Å². The largest absolute Gasteiger partial charge is 0.463 e. The quantitative estimate of drug-likeness (QED) is 0.432. The predicted octanol–water partition coefficient (Wildman–Crippen LogP) is 4.18. The summed E-state index contributed by atoms with van der Waals surface area (Å²) in [4.78, 5) is 16.0. The molecule has 2 aromatic rings. The van der Waals surface area contributed by atoms with Crippen molar-refractivity contribution in [2.75, 3.05) is 6.54 Å². The molecule has 1 amide bonds. The van der Waals surface area contributed by atoms with Gasteiger partial charge in [-0.2, -0.15) is 5.10 Å². The third kappa shape index (κ3) is 3.88. The third-order valence-electron chi connectivity index (χ3n) is 6.58. The zero-order chi connectivity index (χ0) is 20.5. The van der Waals surface area contributed by atoms with Crippen molar-refractivity contribution in [2.24, 2.45) is 5.10 Å². The van der Waals surface area contributed by atoms with Crippen LogP contribution in [0.4, 0.5) is 0 Å². The first-order valence-electron chi connectivity index (χ1n) is 11.3. The summed E-state index contributed by atoms with van der Waals surface area (Å²) in [7, 11) is 0. The van der Waals surface area contributed by atoms with Crippen molar-refractivity contribution >= 4 is 17.7 Å². The fourth-order valence-electron chi connectivity index (χ4n) is 4.54. The summed E-state index contributed by atoms with van der Waals surface area (Å²) in [5.74, 6) is 1.03. The van der Waals surface area contributed by atoms with E-state index < -0.39 is 0 Å². The first-order valence-corrected chi connectivity index (χ1v) is 11.3. The number of furan rings is 1. The molecule has 0 bridgehead atoms. The zero-order valence-corrected chi connectivity index (χ0v) is 17.6. The number of aromatic nitrogens is 1. The van der Waals surface area contributed by atoms with Gasteiger partial charge < -0.3 is 14.7 Å². The number of H-pyrrole nitrogens is 1. The molecule has 0 saturated heterocycles. The SMILES string of the molecule is Cc1[nH]c(/C=C2/C(=O)NN=C2c2ccco2)c(C2CC2)c1CCCCNC1CCC1. The number of amides is 1. The minimum Gasteiger partial charge on any atom is -0.463 e. The summed E-state index contributed by atoms with van der Waals surface area (Å²) in [5.41, 5.74) is 8.85. The van der Waals surface area contributed by atoms with Crippen LogP contribution in [0.1, 0.15) is 79.1 Å². The standard InChI is InChI=1S/C24H30N4O2/c1-15-18(8-2-3-12-25-17-6-4-7-17)22(16-10-11-16)20(26-15)14-19-23(27-28-24(19)29)21-9-5-13-30-21/h5,9,13-14,16-17,25-26H,2-4,6-8,10-12H2,1H3,(H,28,29)/b19-14+. The molecule has 0 aromatic carbocycles. The first kappa shape index (κ1) is 19.4. The topological polar surface area (TPSA) is 82.4 Å². The van der Waals surface area contributed by atoms with Gasteiger partial charge in [0.2, 0.25) is 0 Å². The zero-order valence-electron chi connectivity index (χ0n) is 17.6. The molecule has 0 unspecified atom stereocenters. The highest BCUT2D eigenvalue weighted by Crippen LogP contribution is 2.45. The minimum atomic E-state index is -0.181. The molecule has 0 spiro atoms. The van der Waals surface area contributed by atoms with Crippen molar-refractivity contribution in [2.45, 2.75) is 70.3 Å². The van der Waals surface area contributed by atoms with Crippen molar-refractivity contribution in [1.82, 2.24) is 15.7 Å². The number of hydrazone groups is 1. The van der Waals surface area contributed by atoms with E-state index in [0.29, 0.717) is 23.0 Å². The van der Waals surface area contributed by atoms with Crippen LogP contribution in [0.3, 0.4) is 0 Å². The number of carbonyl (C=O) groups excluding carboxylic acids is 1. The lowest BCUT2D eigenvalue weighted by Crippen LogP contribution is -2.35. The van der Waals surface area contributed by atoms with Crippen molar-refractivity contribution in [3.8, 4) is 0 Å². The van der Waals surface area contributed by atoms with Gasteiger partial charge >= 0.3 is 0 Å². The lowest BCUT2D eigenvalue weighted by molar-refractivity contribution is -0.116. The van der Waals surface area contributed by atoms with E-state index in [1.807, 2.05) is 18.2 Å². The summed E-state index contributed by atoms with van der Waals surface area (Å²) < 4.78 is 5.48. The molecule has 5 rings (SSSR count). The van der Waals surface area contributed by atoms with Gasteiger partial charge in [-0.05, 0) is 93.7 Å². The van der Waals surface area contributed by atoms with E-state index in [0.717, 1.165) is 24.7 Å². The number of rotatable bonds is 9. The highest BCUT2D eigenvalue weighted by molar-refractivity contribution is 6.32. The Morgan fingerprint density at radius 2 is 2.13 bits per heavy atom. The van der Waals surface area contributed by atoms with E-state index in [2.05, 4.69) is 27.8 Å². The van der Waals surface area contributed by atoms with E-state index in [4.69, 9.17) is 4.42 Å². The number of aryl methyl sites for hydroxylation is 1. The van der Waals surface area contributed by atoms with Crippen LogP contribution in [0.2, 0.25) is 0 Å². The lowest BCUT2D eigenvalue weighted by Gasteiger charge is -2.26. The maximum Gasteiger partial charge on any atom is 0.273 e. The van der Waals surface area contributed by atoms with Crippen LogP contribution in [0.25, 0.3) is 6.08 Å². The van der Waals surface area contributed by atoms with Crippen LogP contribution in [0, 0.1) is 6.92 Å². The number of unbranched alkanes of at least 4 members (excludes halogenated alkanes) is 1. The van der Waals surface area contributed by atoms with Crippen LogP contribution < -0.4 is 10.7 Å². The van der Waals surface area contributed by atoms with Gasteiger partial charge in [0, 0.05) is 17.4 Å². The molecule has 6 heteroatoms. The molecule has 2 aromatic heterocycles. The van der Waals surface area contributed by atoms with Crippen LogP contribution in [0.5, 0.6) is 0 Å². The highest BCUT2D eigenvalue weighted by Gasteiger charge is 2.32. The van der Waals surface area contributed by atoms with Gasteiger partial charge in [0.25, 0.3) is 5.91 Å². The molecular formula is C24H30N4O2. The Morgan fingerprint density at radius 3 is 2.83 bits per heavy atom. The van der Waals surface area contributed by atoms with Crippen molar-refractivity contribution < 1.29 is 9.21 Å². The van der Waals surface area contributed by atoms with E-state index in [-0.39, 0.29) is 5.91 Å². The van der Waals surface area contributed by atoms with Gasteiger partial charge in [0.15, 0.2) is 5.76 Å². The maximum absolute atomic E-state index is 12.4. The summed E-state index contributed by atoms with van der Waals surface area (Å²) in [6, 6.07) is 4.41. The second kappa shape index (κ2) is 8.26. The van der Waals surface area contributed by atoms with Gasteiger partial charge in [0.05, 0.1) is 11.8 Å². The molecule has 2 aliphatic carbocycles. The van der Waals surface area contributed by atoms with Gasteiger partial charge in [-0.3, -0.25) is 4.79 Å². The Kier molecular flexibility index (Phi) is 5.34. The second-order valence-electron chi connectivity index (χ2n) is 8.81. The van der Waals surface area contributed by atoms with Crippen molar-refractivity contribution in [3.63, 3.8) is 0 Å². The summed E-state index contributed by atoms with van der Waals surface area (Å²) in [6.45, 7) is 3.28. The molecule has 158 valence electrons. The summed E-state index contributed by atoms with van der Waals surface area (Å²) >= 11 is 0. The van der Waals surface area contributed by atoms with Gasteiger partial charge in [-0.25, -0.2) is 5.43 Å². The van der Waals surface area contributed by atoms with E-state index in [1.54, 1.807) is 6.26 Å². The number of hydrogen-bond acceptors (Lipinski definition) is 4. The molecule has 6 nitrogen and oxygen atoms in total. The fraction of sp³-hybridized carbons (Fsp3) is 0.500. The minimum absolute atomic E-state index is 0.181. The molecular weight excluding hydrogens is 376 g/mol. The average Bonchev–Trinajstić information content (AvgIpc) is 3.11. The maximum atomic E-state index is 12.4. The molecule has 1 aliphatic heterocycles. The van der Waals surface area contributed by atoms with E-state index in [1.165, 1.54) is 61.8 Å². The number of hydrogen-bond donors (Lipinski definition) is 3. The van der Waals surface area contributed by atoms with E-state index >= 15 is 0 Å².